The smallest absolute Gasteiger partial charge is 0.338 e. The summed E-state index contributed by atoms with van der Waals surface area (Å²) in [6.07, 6.45) is 2.26. The molecule has 5 rings (SSSR count). The Morgan fingerprint density at radius 1 is 1.16 bits per heavy atom. The number of amides is 1. The van der Waals surface area contributed by atoms with Crippen molar-refractivity contribution in [2.75, 3.05) is 13.2 Å². The lowest BCUT2D eigenvalue weighted by molar-refractivity contribution is -0.141. The van der Waals surface area contributed by atoms with Crippen LogP contribution in [0.1, 0.15) is 54.5 Å². The van der Waals surface area contributed by atoms with E-state index in [9.17, 15) is 9.59 Å². The van der Waals surface area contributed by atoms with Crippen molar-refractivity contribution in [2.24, 2.45) is 4.99 Å². The summed E-state index contributed by atoms with van der Waals surface area (Å²) in [6, 6.07) is 15.4. The van der Waals surface area contributed by atoms with Crippen LogP contribution in [0, 0.1) is 13.8 Å². The maximum Gasteiger partial charge on any atom is 0.338 e. The maximum absolute atomic E-state index is 13.6. The molecule has 2 aromatic carbocycles. The SMILES string of the molecule is CC1=C(C(=O)OCc2ccccc2)C(c2cc(C)ccc2C)N2C(CC(=O)NCC3CCCO3)=CSC2=N1. The topological polar surface area (TPSA) is 80.2 Å². The van der Waals surface area contributed by atoms with E-state index in [4.69, 9.17) is 14.5 Å². The Hall–Kier alpha value is -3.36. The Labute approximate surface area is 228 Å². The van der Waals surface area contributed by atoms with Crippen LogP contribution >= 0.6 is 11.8 Å². The van der Waals surface area contributed by atoms with Crippen molar-refractivity contribution < 1.29 is 19.1 Å². The number of allylic oxidation sites excluding steroid dienone is 1. The van der Waals surface area contributed by atoms with Gasteiger partial charge in [-0.2, -0.15) is 0 Å². The molecule has 8 heteroatoms. The van der Waals surface area contributed by atoms with E-state index in [1.807, 2.05) is 61.4 Å². The predicted molar refractivity (Wildman–Crippen MR) is 149 cm³/mol. The van der Waals surface area contributed by atoms with Crippen LogP contribution in [0.2, 0.25) is 0 Å². The van der Waals surface area contributed by atoms with Gasteiger partial charge in [-0.25, -0.2) is 9.79 Å². The number of nitrogens with one attached hydrogen (secondary N) is 1. The number of esters is 1. The highest BCUT2D eigenvalue weighted by Crippen LogP contribution is 2.45. The van der Waals surface area contributed by atoms with E-state index in [-0.39, 0.29) is 25.0 Å². The van der Waals surface area contributed by atoms with Crippen molar-refractivity contribution >= 4 is 28.8 Å². The monoisotopic (exact) mass is 531 g/mol. The van der Waals surface area contributed by atoms with Gasteiger partial charge in [-0.05, 0) is 55.7 Å². The lowest BCUT2D eigenvalue weighted by Gasteiger charge is -2.37. The average molecular weight is 532 g/mol. The molecule has 38 heavy (non-hydrogen) atoms. The molecule has 7 nitrogen and oxygen atoms in total. The number of thioether (sulfide) groups is 1. The minimum atomic E-state index is -0.446. The number of aliphatic imine (C=N–C) groups is 1. The molecule has 3 aliphatic heterocycles. The van der Waals surface area contributed by atoms with Crippen LogP contribution in [-0.4, -0.2) is 41.2 Å². The number of hydrogen-bond acceptors (Lipinski definition) is 7. The van der Waals surface area contributed by atoms with E-state index in [1.54, 1.807) is 0 Å². The summed E-state index contributed by atoms with van der Waals surface area (Å²) in [5.74, 6) is -0.480. The van der Waals surface area contributed by atoms with E-state index >= 15 is 0 Å². The highest BCUT2D eigenvalue weighted by atomic mass is 32.2. The van der Waals surface area contributed by atoms with Crippen molar-refractivity contribution in [1.82, 2.24) is 10.2 Å². The lowest BCUT2D eigenvalue weighted by Crippen LogP contribution is -2.39. The molecule has 1 N–H and O–H groups in total. The number of amidine groups is 1. The van der Waals surface area contributed by atoms with E-state index in [2.05, 4.69) is 23.5 Å². The number of carbonyl (C=O) groups is 2. The summed E-state index contributed by atoms with van der Waals surface area (Å²) in [4.78, 5) is 33.4. The minimum Gasteiger partial charge on any atom is -0.457 e. The Balaban J connectivity index is 1.43. The highest BCUT2D eigenvalue weighted by molar-refractivity contribution is 8.16. The Bertz CT molecular complexity index is 1310. The number of carbonyl (C=O) groups excluding carboxylic acids is 2. The van der Waals surface area contributed by atoms with Gasteiger partial charge < -0.3 is 19.7 Å². The zero-order valence-corrected chi connectivity index (χ0v) is 22.8. The molecule has 0 spiro atoms. The molecular formula is C30H33N3O4S. The predicted octanol–water partition coefficient (Wildman–Crippen LogP) is 5.31. The third-order valence-corrected chi connectivity index (χ3v) is 7.94. The second-order valence-corrected chi connectivity index (χ2v) is 10.8. The molecule has 0 aliphatic carbocycles. The molecule has 1 saturated heterocycles. The van der Waals surface area contributed by atoms with Crippen molar-refractivity contribution in [3.63, 3.8) is 0 Å². The summed E-state index contributed by atoms with van der Waals surface area (Å²) in [5, 5.41) is 5.74. The Morgan fingerprint density at radius 2 is 1.97 bits per heavy atom. The summed E-state index contributed by atoms with van der Waals surface area (Å²) < 4.78 is 11.5. The molecule has 0 saturated carbocycles. The summed E-state index contributed by atoms with van der Waals surface area (Å²) in [5.41, 5.74) is 6.00. The standard InChI is InChI=1S/C30H33N3O4S/c1-19-11-12-20(2)25(14-19)28-27(29(35)37-17-22-8-5-4-6-9-22)21(3)32-30-33(28)23(18-38-30)15-26(34)31-16-24-10-7-13-36-24/h4-6,8-9,11-12,14,18,24,28H,7,10,13,15-17H2,1-3H3,(H,31,34). The van der Waals surface area contributed by atoms with Crippen LogP contribution in [0.4, 0.5) is 0 Å². The molecule has 3 aliphatic rings. The van der Waals surface area contributed by atoms with Crippen LogP contribution in [0.25, 0.3) is 0 Å². The van der Waals surface area contributed by atoms with Crippen LogP contribution in [0.3, 0.4) is 0 Å². The van der Waals surface area contributed by atoms with Gasteiger partial charge in [0.2, 0.25) is 5.91 Å². The summed E-state index contributed by atoms with van der Waals surface area (Å²) >= 11 is 1.48. The van der Waals surface area contributed by atoms with Crippen molar-refractivity contribution in [3.8, 4) is 0 Å². The van der Waals surface area contributed by atoms with Gasteiger partial charge in [-0.1, -0.05) is 65.9 Å². The second-order valence-electron chi connectivity index (χ2n) is 9.93. The number of hydrogen-bond donors (Lipinski definition) is 1. The quantitative estimate of drug-likeness (QED) is 0.465. The number of nitrogens with zero attached hydrogens (tertiary/aromatic N) is 2. The largest absolute Gasteiger partial charge is 0.457 e. The fourth-order valence-corrected chi connectivity index (χ4v) is 6.00. The van der Waals surface area contributed by atoms with Crippen molar-refractivity contribution in [1.29, 1.82) is 0 Å². The molecule has 2 unspecified atom stereocenters. The minimum absolute atomic E-state index is 0.0761. The van der Waals surface area contributed by atoms with Crippen LogP contribution in [0.5, 0.6) is 0 Å². The number of fused-ring (bicyclic) bond motifs is 1. The molecule has 1 amide bonds. The van der Waals surface area contributed by atoms with Gasteiger partial charge >= 0.3 is 5.97 Å². The summed E-state index contributed by atoms with van der Waals surface area (Å²) in [7, 11) is 0. The third kappa shape index (κ3) is 5.71. The van der Waals surface area contributed by atoms with E-state index < -0.39 is 12.0 Å². The maximum atomic E-state index is 13.6. The fourth-order valence-electron chi connectivity index (χ4n) is 5.04. The van der Waals surface area contributed by atoms with Gasteiger partial charge in [0, 0.05) is 18.8 Å². The molecular weight excluding hydrogens is 498 g/mol. The first-order valence-electron chi connectivity index (χ1n) is 13.0. The van der Waals surface area contributed by atoms with Crippen LogP contribution in [0.15, 0.2) is 75.9 Å². The Kier molecular flexibility index (Phi) is 8.00. The number of aryl methyl sites for hydroxylation is 2. The molecule has 0 radical (unpaired) electrons. The van der Waals surface area contributed by atoms with Gasteiger partial charge in [0.05, 0.1) is 29.8 Å². The summed E-state index contributed by atoms with van der Waals surface area (Å²) in [6.45, 7) is 7.38. The fraction of sp³-hybridized carbons (Fsp3) is 0.367. The van der Waals surface area contributed by atoms with Crippen LogP contribution in [-0.2, 0) is 25.7 Å². The van der Waals surface area contributed by atoms with E-state index in [1.165, 1.54) is 11.8 Å². The second kappa shape index (κ2) is 11.6. The highest BCUT2D eigenvalue weighted by Gasteiger charge is 2.41. The molecule has 3 heterocycles. The Morgan fingerprint density at radius 3 is 2.74 bits per heavy atom. The van der Waals surface area contributed by atoms with Crippen LogP contribution < -0.4 is 5.32 Å². The van der Waals surface area contributed by atoms with Gasteiger partial charge in [0.1, 0.15) is 6.61 Å². The van der Waals surface area contributed by atoms with Crippen molar-refractivity contribution in [3.05, 3.63) is 93.2 Å². The number of ether oxygens (including phenoxy) is 2. The van der Waals surface area contributed by atoms with Crippen molar-refractivity contribution in [2.45, 2.75) is 58.8 Å². The molecule has 198 valence electrons. The van der Waals surface area contributed by atoms with Gasteiger partial charge in [-0.3, -0.25) is 4.79 Å². The van der Waals surface area contributed by atoms with E-state index in [0.29, 0.717) is 17.8 Å². The van der Waals surface area contributed by atoms with Gasteiger partial charge in [0.25, 0.3) is 0 Å². The molecule has 0 bridgehead atoms. The first kappa shape index (κ1) is 26.3. The normalized spacial score (nSPS) is 20.7. The lowest BCUT2D eigenvalue weighted by atomic mass is 9.90. The molecule has 2 aromatic rings. The molecule has 2 atom stereocenters. The number of rotatable bonds is 8. The zero-order valence-electron chi connectivity index (χ0n) is 22.0. The van der Waals surface area contributed by atoms with Gasteiger partial charge in [0.15, 0.2) is 5.17 Å². The first-order chi connectivity index (χ1) is 18.4. The number of benzene rings is 2. The third-order valence-electron chi connectivity index (χ3n) is 7.06. The first-order valence-corrected chi connectivity index (χ1v) is 13.9. The van der Waals surface area contributed by atoms with E-state index in [0.717, 1.165) is 52.6 Å². The average Bonchev–Trinajstić information content (AvgIpc) is 3.57. The van der Waals surface area contributed by atoms with Gasteiger partial charge in [-0.15, -0.1) is 0 Å². The zero-order chi connectivity index (χ0) is 26.6. The molecule has 1 fully saturated rings. The molecule has 0 aromatic heterocycles.